The molecule has 0 unspecified atom stereocenters. The van der Waals surface area contributed by atoms with E-state index in [-0.39, 0.29) is 30.6 Å². The van der Waals surface area contributed by atoms with Crippen LogP contribution in [0.5, 0.6) is 0 Å². The van der Waals surface area contributed by atoms with Gasteiger partial charge in [0, 0.05) is 0 Å². The number of hydrogen-bond donors (Lipinski definition) is 0. The van der Waals surface area contributed by atoms with Gasteiger partial charge in [0.25, 0.3) is 5.56 Å². The average molecular weight is 364 g/mol. The number of ether oxygens (including phenoxy) is 1. The lowest BCUT2D eigenvalue weighted by Gasteiger charge is -2.17. The summed E-state index contributed by atoms with van der Waals surface area (Å²) in [6, 6.07) is 10.7. The van der Waals surface area contributed by atoms with E-state index in [1.165, 1.54) is 4.57 Å². The van der Waals surface area contributed by atoms with E-state index in [9.17, 15) is 9.59 Å². The van der Waals surface area contributed by atoms with Gasteiger partial charge in [-0.25, -0.2) is 4.98 Å². The number of carbonyl (C=O) groups is 1. The molecule has 1 aromatic carbocycles. The van der Waals surface area contributed by atoms with Gasteiger partial charge in [-0.05, 0) is 43.5 Å². The molecule has 1 aliphatic carbocycles. The van der Waals surface area contributed by atoms with Crippen LogP contribution in [-0.4, -0.2) is 15.5 Å². The number of carbonyl (C=O) groups excluding carboxylic acids is 1. The molecule has 1 aliphatic rings. The number of aromatic nitrogens is 2. The molecule has 0 saturated carbocycles. The molecule has 6 heteroatoms. The SMILES string of the molecule is O=C(OCc1nc2ccccc2c(=O)n1Cc1ccco1)[C@H]1CC=CCC1. The van der Waals surface area contributed by atoms with Crippen molar-refractivity contribution in [1.82, 2.24) is 9.55 Å². The Labute approximate surface area is 156 Å². The summed E-state index contributed by atoms with van der Waals surface area (Å²) in [5, 5.41) is 0.525. The van der Waals surface area contributed by atoms with Crippen LogP contribution < -0.4 is 5.56 Å². The molecule has 0 bridgehead atoms. The first kappa shape index (κ1) is 17.3. The Morgan fingerprint density at radius 3 is 2.89 bits per heavy atom. The van der Waals surface area contributed by atoms with Gasteiger partial charge >= 0.3 is 5.97 Å². The van der Waals surface area contributed by atoms with Crippen molar-refractivity contribution in [1.29, 1.82) is 0 Å². The van der Waals surface area contributed by atoms with Crippen molar-refractivity contribution in [2.75, 3.05) is 0 Å². The molecule has 1 atom stereocenters. The van der Waals surface area contributed by atoms with E-state index in [2.05, 4.69) is 11.1 Å². The molecule has 0 spiro atoms. The van der Waals surface area contributed by atoms with Gasteiger partial charge in [0.15, 0.2) is 5.82 Å². The van der Waals surface area contributed by atoms with Crippen molar-refractivity contribution < 1.29 is 13.9 Å². The third kappa shape index (κ3) is 3.69. The van der Waals surface area contributed by atoms with E-state index in [0.717, 1.165) is 12.8 Å². The molecule has 0 amide bonds. The predicted octanol–water partition coefficient (Wildman–Crippen LogP) is 3.44. The maximum absolute atomic E-state index is 13.0. The van der Waals surface area contributed by atoms with E-state index in [0.29, 0.717) is 28.9 Å². The largest absolute Gasteiger partial charge is 0.467 e. The molecule has 4 rings (SSSR count). The van der Waals surface area contributed by atoms with Crippen LogP contribution in [0, 0.1) is 5.92 Å². The molecule has 0 radical (unpaired) electrons. The fourth-order valence-corrected chi connectivity index (χ4v) is 3.31. The van der Waals surface area contributed by atoms with Crippen molar-refractivity contribution in [3.63, 3.8) is 0 Å². The maximum atomic E-state index is 13.0. The zero-order valence-corrected chi connectivity index (χ0v) is 14.8. The molecule has 0 N–H and O–H groups in total. The zero-order chi connectivity index (χ0) is 18.6. The molecule has 2 heterocycles. The van der Waals surface area contributed by atoms with Crippen molar-refractivity contribution in [2.24, 2.45) is 5.92 Å². The third-order valence-electron chi connectivity index (χ3n) is 4.78. The van der Waals surface area contributed by atoms with Crippen LogP contribution in [0.4, 0.5) is 0 Å². The molecule has 0 fully saturated rings. The zero-order valence-electron chi connectivity index (χ0n) is 14.8. The molecule has 2 aromatic heterocycles. The first-order chi connectivity index (χ1) is 13.2. The van der Waals surface area contributed by atoms with Crippen molar-refractivity contribution in [3.8, 4) is 0 Å². The van der Waals surface area contributed by atoms with Gasteiger partial charge in [-0.3, -0.25) is 14.2 Å². The van der Waals surface area contributed by atoms with E-state index in [1.54, 1.807) is 36.6 Å². The van der Waals surface area contributed by atoms with Crippen LogP contribution in [0.2, 0.25) is 0 Å². The summed E-state index contributed by atoms with van der Waals surface area (Å²) in [5.41, 5.74) is 0.411. The third-order valence-corrected chi connectivity index (χ3v) is 4.78. The number of para-hydroxylation sites is 1. The second-order valence-corrected chi connectivity index (χ2v) is 6.60. The Morgan fingerprint density at radius 2 is 2.11 bits per heavy atom. The van der Waals surface area contributed by atoms with Gasteiger partial charge < -0.3 is 9.15 Å². The minimum atomic E-state index is -0.244. The number of hydrogen-bond acceptors (Lipinski definition) is 5. The van der Waals surface area contributed by atoms with Crippen LogP contribution in [0.15, 0.2) is 64.0 Å². The van der Waals surface area contributed by atoms with Gasteiger partial charge in [-0.15, -0.1) is 0 Å². The van der Waals surface area contributed by atoms with Crippen LogP contribution in [-0.2, 0) is 22.7 Å². The minimum absolute atomic E-state index is 0.0418. The van der Waals surface area contributed by atoms with E-state index >= 15 is 0 Å². The first-order valence-electron chi connectivity index (χ1n) is 9.05. The van der Waals surface area contributed by atoms with Crippen molar-refractivity contribution in [3.05, 3.63) is 76.8 Å². The molecule has 27 heavy (non-hydrogen) atoms. The number of fused-ring (bicyclic) bond motifs is 1. The summed E-state index contributed by atoms with van der Waals surface area (Å²) in [5.74, 6) is 0.681. The summed E-state index contributed by atoms with van der Waals surface area (Å²) < 4.78 is 12.4. The Balaban J connectivity index is 1.64. The average Bonchev–Trinajstić information content (AvgIpc) is 3.22. The van der Waals surface area contributed by atoms with Crippen LogP contribution in [0.3, 0.4) is 0 Å². The molecule has 138 valence electrons. The van der Waals surface area contributed by atoms with E-state index in [4.69, 9.17) is 9.15 Å². The first-order valence-corrected chi connectivity index (χ1v) is 9.05. The maximum Gasteiger partial charge on any atom is 0.309 e. The molecule has 0 aliphatic heterocycles. The molecule has 0 saturated heterocycles. The van der Waals surface area contributed by atoms with Crippen molar-refractivity contribution in [2.45, 2.75) is 32.4 Å². The Bertz CT molecular complexity index is 1030. The second-order valence-electron chi connectivity index (χ2n) is 6.60. The minimum Gasteiger partial charge on any atom is -0.467 e. The predicted molar refractivity (Wildman–Crippen MR) is 100 cm³/mol. The number of nitrogens with zero attached hydrogens (tertiary/aromatic N) is 2. The summed E-state index contributed by atoms with van der Waals surface area (Å²) in [6.07, 6.45) is 8.03. The lowest BCUT2D eigenvalue weighted by atomic mass is 9.95. The highest BCUT2D eigenvalue weighted by atomic mass is 16.5. The summed E-state index contributed by atoms with van der Waals surface area (Å²) in [4.78, 5) is 29.9. The summed E-state index contributed by atoms with van der Waals surface area (Å²) in [7, 11) is 0. The highest BCUT2D eigenvalue weighted by Gasteiger charge is 2.21. The van der Waals surface area contributed by atoms with Gasteiger partial charge in [0.1, 0.15) is 12.4 Å². The summed E-state index contributed by atoms with van der Waals surface area (Å²) in [6.45, 7) is 0.197. The lowest BCUT2D eigenvalue weighted by molar-refractivity contribution is -0.150. The van der Waals surface area contributed by atoms with E-state index in [1.807, 2.05) is 12.1 Å². The van der Waals surface area contributed by atoms with Gasteiger partial charge in [0.2, 0.25) is 0 Å². The van der Waals surface area contributed by atoms with Crippen LogP contribution in [0.25, 0.3) is 10.9 Å². The fraction of sp³-hybridized carbons (Fsp3) is 0.286. The highest BCUT2D eigenvalue weighted by Crippen LogP contribution is 2.20. The fourth-order valence-electron chi connectivity index (χ4n) is 3.31. The molecule has 3 aromatic rings. The number of esters is 1. The number of allylic oxidation sites excluding steroid dienone is 2. The number of benzene rings is 1. The standard InChI is InChI=1S/C21H20N2O4/c24-20-17-10-4-5-11-18(17)22-19(23(20)13-16-9-6-12-26-16)14-27-21(25)15-7-2-1-3-8-15/h1-2,4-6,9-12,15H,3,7-8,13-14H2/t15-/m0/s1. The van der Waals surface area contributed by atoms with Crippen LogP contribution >= 0.6 is 0 Å². The Hall–Kier alpha value is -3.15. The molecular weight excluding hydrogens is 344 g/mol. The monoisotopic (exact) mass is 364 g/mol. The van der Waals surface area contributed by atoms with Gasteiger partial charge in [-0.2, -0.15) is 0 Å². The number of furan rings is 1. The lowest BCUT2D eigenvalue weighted by Crippen LogP contribution is -2.27. The highest BCUT2D eigenvalue weighted by molar-refractivity contribution is 5.77. The normalized spacial score (nSPS) is 16.5. The van der Waals surface area contributed by atoms with Gasteiger partial charge in [0.05, 0.1) is 29.6 Å². The molecular formula is C21H20N2O4. The van der Waals surface area contributed by atoms with Crippen LogP contribution in [0.1, 0.15) is 30.8 Å². The summed E-state index contributed by atoms with van der Waals surface area (Å²) >= 11 is 0. The van der Waals surface area contributed by atoms with Crippen molar-refractivity contribution >= 4 is 16.9 Å². The second kappa shape index (κ2) is 7.61. The Kier molecular flexibility index (Phi) is 4.87. The smallest absolute Gasteiger partial charge is 0.309 e. The van der Waals surface area contributed by atoms with E-state index < -0.39 is 0 Å². The number of rotatable bonds is 5. The Morgan fingerprint density at radius 1 is 1.22 bits per heavy atom. The quantitative estimate of drug-likeness (QED) is 0.512. The topological polar surface area (TPSA) is 74.3 Å². The molecule has 6 nitrogen and oxygen atoms in total. The van der Waals surface area contributed by atoms with Gasteiger partial charge in [-0.1, -0.05) is 24.3 Å².